The maximum atomic E-state index is 13.0. The summed E-state index contributed by atoms with van der Waals surface area (Å²) in [4.78, 5) is 18.3. The molecule has 8 heteroatoms. The summed E-state index contributed by atoms with van der Waals surface area (Å²) in [6, 6.07) is 6.07. The first-order valence-corrected chi connectivity index (χ1v) is 11.4. The number of benzene rings is 1. The number of aromatic amines is 1. The quantitative estimate of drug-likeness (QED) is 0.527. The van der Waals surface area contributed by atoms with Crippen molar-refractivity contribution in [2.45, 2.75) is 78.9 Å². The highest BCUT2D eigenvalue weighted by Gasteiger charge is 2.30. The Morgan fingerprint density at radius 2 is 1.94 bits per heavy atom. The topological polar surface area (TPSA) is 99.9 Å². The minimum atomic E-state index is -0.261. The van der Waals surface area contributed by atoms with Crippen LogP contribution in [0.3, 0.4) is 0 Å². The zero-order valence-corrected chi connectivity index (χ0v) is 20.1. The zero-order valence-electron chi connectivity index (χ0n) is 20.1. The summed E-state index contributed by atoms with van der Waals surface area (Å²) in [6.45, 7) is 13.6. The highest BCUT2D eigenvalue weighted by molar-refractivity contribution is 5.85. The van der Waals surface area contributed by atoms with Gasteiger partial charge in [-0.15, -0.1) is 5.10 Å². The first kappa shape index (κ1) is 24.1. The lowest BCUT2D eigenvalue weighted by atomic mass is 10.0. The van der Waals surface area contributed by atoms with Crippen LogP contribution in [0.1, 0.15) is 75.5 Å². The van der Waals surface area contributed by atoms with Gasteiger partial charge in [-0.2, -0.15) is 0 Å². The molecule has 1 atom stereocenters. The Labute approximate surface area is 189 Å². The minimum absolute atomic E-state index is 0.0607. The van der Waals surface area contributed by atoms with Crippen LogP contribution in [-0.2, 0) is 12.1 Å². The molecule has 0 bridgehead atoms. The van der Waals surface area contributed by atoms with Gasteiger partial charge in [-0.3, -0.25) is 9.69 Å². The molecule has 3 rings (SSSR count). The number of aryl methyl sites for hydroxylation is 2. The van der Waals surface area contributed by atoms with Crippen molar-refractivity contribution in [2.75, 3.05) is 13.2 Å². The number of aliphatic hydroxyl groups is 1. The van der Waals surface area contributed by atoms with Gasteiger partial charge in [0.25, 0.3) is 5.56 Å². The summed E-state index contributed by atoms with van der Waals surface area (Å²) >= 11 is 0. The molecule has 0 fully saturated rings. The third kappa shape index (κ3) is 5.07. The highest BCUT2D eigenvalue weighted by atomic mass is 16.3. The summed E-state index contributed by atoms with van der Waals surface area (Å²) in [7, 11) is 0. The molecule has 174 valence electrons. The number of rotatable bonds is 9. The number of aromatic nitrogens is 5. The van der Waals surface area contributed by atoms with Gasteiger partial charge in [0.1, 0.15) is 0 Å². The van der Waals surface area contributed by atoms with Crippen LogP contribution in [0.4, 0.5) is 0 Å². The van der Waals surface area contributed by atoms with E-state index in [-0.39, 0.29) is 23.7 Å². The predicted molar refractivity (Wildman–Crippen MR) is 127 cm³/mol. The van der Waals surface area contributed by atoms with Gasteiger partial charge in [-0.1, -0.05) is 25.5 Å². The molecule has 2 N–H and O–H groups in total. The fourth-order valence-corrected chi connectivity index (χ4v) is 4.20. The summed E-state index contributed by atoms with van der Waals surface area (Å²) in [5.41, 5.74) is 3.45. The fraction of sp³-hybridized carbons (Fsp3) is 0.583. The Balaban J connectivity index is 2.06. The van der Waals surface area contributed by atoms with Crippen LogP contribution in [0.25, 0.3) is 10.9 Å². The zero-order chi connectivity index (χ0) is 23.5. The van der Waals surface area contributed by atoms with Crippen molar-refractivity contribution in [3.63, 3.8) is 0 Å². The summed E-state index contributed by atoms with van der Waals surface area (Å²) in [5.74, 6) is 0.793. The standard InChI is InChI=1S/C24H36N6O2/c1-7-9-20(22-26-27-28-30(22)24(4,5)6)29(12-8-13-31)15-18-14-19-16(2)10-11-17(3)21(19)25-23(18)32/h10-11,14,20,31H,7-9,12-13,15H2,1-6H3,(H,25,32)/t20-/m1/s1. The molecule has 0 amide bonds. The van der Waals surface area contributed by atoms with E-state index in [0.29, 0.717) is 25.1 Å². The molecule has 8 nitrogen and oxygen atoms in total. The molecule has 32 heavy (non-hydrogen) atoms. The van der Waals surface area contributed by atoms with E-state index in [0.717, 1.165) is 40.7 Å². The molecule has 1 aromatic carbocycles. The molecule has 0 aliphatic heterocycles. The van der Waals surface area contributed by atoms with E-state index < -0.39 is 0 Å². The van der Waals surface area contributed by atoms with Crippen LogP contribution >= 0.6 is 0 Å². The van der Waals surface area contributed by atoms with Gasteiger partial charge in [-0.25, -0.2) is 4.68 Å². The summed E-state index contributed by atoms with van der Waals surface area (Å²) in [6.07, 6.45) is 2.41. The van der Waals surface area contributed by atoms with Gasteiger partial charge in [0.05, 0.1) is 17.1 Å². The molecule has 0 spiro atoms. The van der Waals surface area contributed by atoms with Crippen LogP contribution in [0.2, 0.25) is 0 Å². The van der Waals surface area contributed by atoms with Crippen molar-refractivity contribution in [1.29, 1.82) is 0 Å². The van der Waals surface area contributed by atoms with Crippen molar-refractivity contribution in [2.24, 2.45) is 0 Å². The molecule has 0 saturated heterocycles. The Bertz CT molecular complexity index is 1110. The van der Waals surface area contributed by atoms with E-state index in [1.54, 1.807) is 0 Å². The Morgan fingerprint density at radius 3 is 2.59 bits per heavy atom. The normalized spacial score (nSPS) is 13.2. The van der Waals surface area contributed by atoms with Crippen LogP contribution < -0.4 is 5.56 Å². The van der Waals surface area contributed by atoms with Crippen molar-refractivity contribution >= 4 is 10.9 Å². The van der Waals surface area contributed by atoms with E-state index in [4.69, 9.17) is 0 Å². The average molecular weight is 441 g/mol. The largest absolute Gasteiger partial charge is 0.396 e. The minimum Gasteiger partial charge on any atom is -0.396 e. The van der Waals surface area contributed by atoms with Gasteiger partial charge in [0, 0.05) is 30.6 Å². The number of H-pyrrole nitrogens is 1. The van der Waals surface area contributed by atoms with Crippen molar-refractivity contribution in [3.05, 3.63) is 51.1 Å². The number of nitrogens with one attached hydrogen (secondary N) is 1. The van der Waals surface area contributed by atoms with E-state index in [1.165, 1.54) is 0 Å². The monoisotopic (exact) mass is 440 g/mol. The number of pyridine rings is 1. The maximum absolute atomic E-state index is 13.0. The van der Waals surface area contributed by atoms with Crippen LogP contribution in [0.15, 0.2) is 23.0 Å². The van der Waals surface area contributed by atoms with Gasteiger partial charge in [-0.05, 0) is 75.1 Å². The number of hydrogen-bond acceptors (Lipinski definition) is 6. The second-order valence-corrected chi connectivity index (χ2v) is 9.58. The molecule has 2 aromatic heterocycles. The van der Waals surface area contributed by atoms with Gasteiger partial charge in [0.15, 0.2) is 5.82 Å². The number of tetrazole rings is 1. The molecule has 2 heterocycles. The summed E-state index contributed by atoms with van der Waals surface area (Å²) in [5, 5.41) is 23.2. The molecular formula is C24H36N6O2. The second-order valence-electron chi connectivity index (χ2n) is 9.58. The first-order chi connectivity index (χ1) is 15.2. The molecular weight excluding hydrogens is 404 g/mol. The number of aliphatic hydroxyl groups excluding tert-OH is 1. The lowest BCUT2D eigenvalue weighted by Crippen LogP contribution is -2.36. The Kier molecular flexibility index (Phi) is 7.46. The van der Waals surface area contributed by atoms with Crippen LogP contribution in [0, 0.1) is 13.8 Å². The van der Waals surface area contributed by atoms with Gasteiger partial charge >= 0.3 is 0 Å². The number of fused-ring (bicyclic) bond motifs is 1. The molecule has 0 saturated carbocycles. The predicted octanol–water partition coefficient (Wildman–Crippen LogP) is 3.61. The van der Waals surface area contributed by atoms with E-state index in [9.17, 15) is 9.90 Å². The highest BCUT2D eigenvalue weighted by Crippen LogP contribution is 2.29. The lowest BCUT2D eigenvalue weighted by Gasteiger charge is -2.32. The Morgan fingerprint density at radius 1 is 1.22 bits per heavy atom. The molecule has 0 aliphatic carbocycles. The number of hydrogen-bond donors (Lipinski definition) is 2. The third-order valence-corrected chi connectivity index (χ3v) is 5.93. The van der Waals surface area contributed by atoms with Crippen molar-refractivity contribution in [1.82, 2.24) is 30.1 Å². The maximum Gasteiger partial charge on any atom is 0.252 e. The average Bonchev–Trinajstić information content (AvgIpc) is 3.23. The van der Waals surface area contributed by atoms with Gasteiger partial charge < -0.3 is 10.1 Å². The molecule has 0 radical (unpaired) electrons. The fourth-order valence-electron chi connectivity index (χ4n) is 4.20. The smallest absolute Gasteiger partial charge is 0.252 e. The molecule has 0 unspecified atom stereocenters. The number of nitrogens with zero attached hydrogens (tertiary/aromatic N) is 5. The molecule has 3 aromatic rings. The second kappa shape index (κ2) is 9.92. The third-order valence-electron chi connectivity index (χ3n) is 5.93. The van der Waals surface area contributed by atoms with Crippen molar-refractivity contribution < 1.29 is 5.11 Å². The van der Waals surface area contributed by atoms with Crippen LogP contribution in [0.5, 0.6) is 0 Å². The van der Waals surface area contributed by atoms with Crippen LogP contribution in [-0.4, -0.2) is 48.3 Å². The van der Waals surface area contributed by atoms with E-state index in [2.05, 4.69) is 66.1 Å². The SMILES string of the molecule is CCC[C@H](c1nnnn1C(C)(C)C)N(CCCO)Cc1cc2c(C)ccc(C)c2[nH]c1=O. The first-order valence-electron chi connectivity index (χ1n) is 11.4. The van der Waals surface area contributed by atoms with Crippen molar-refractivity contribution in [3.8, 4) is 0 Å². The van der Waals surface area contributed by atoms with E-state index in [1.807, 2.05) is 23.7 Å². The lowest BCUT2D eigenvalue weighted by molar-refractivity contribution is 0.142. The molecule has 0 aliphatic rings. The van der Waals surface area contributed by atoms with E-state index >= 15 is 0 Å². The Hall–Kier alpha value is -2.58. The van der Waals surface area contributed by atoms with Gasteiger partial charge in [0.2, 0.25) is 0 Å². The summed E-state index contributed by atoms with van der Waals surface area (Å²) < 4.78 is 1.87.